The normalized spacial score (nSPS) is 12.0. The number of aromatic amines is 1. The monoisotopic (exact) mass is 311 g/mol. The summed E-state index contributed by atoms with van der Waals surface area (Å²) in [4.78, 5) is 25.9. The van der Waals surface area contributed by atoms with E-state index in [-0.39, 0.29) is 5.91 Å². The summed E-state index contributed by atoms with van der Waals surface area (Å²) in [7, 11) is 0. The Balaban J connectivity index is 1.61. The third kappa shape index (κ3) is 3.60. The molecule has 3 rings (SSSR count). The Bertz CT molecular complexity index is 867. The molecule has 1 atom stereocenters. The van der Waals surface area contributed by atoms with Gasteiger partial charge in [0.05, 0.1) is 5.52 Å². The third-order valence-electron chi connectivity index (χ3n) is 3.50. The molecule has 0 aliphatic rings. The van der Waals surface area contributed by atoms with E-state index in [9.17, 15) is 9.59 Å². The predicted octanol–water partition coefficient (Wildman–Crippen LogP) is 2.24. The molecule has 1 aromatic heterocycles. The van der Waals surface area contributed by atoms with E-state index in [1.165, 1.54) is 0 Å². The lowest BCUT2D eigenvalue weighted by atomic mass is 10.2. The molecule has 0 aliphatic carbocycles. The van der Waals surface area contributed by atoms with E-state index >= 15 is 0 Å². The average Bonchev–Trinajstić information content (AvgIpc) is 2.92. The second kappa shape index (κ2) is 6.39. The lowest BCUT2D eigenvalue weighted by molar-refractivity contribution is -0.121. The zero-order chi connectivity index (χ0) is 16.2. The van der Waals surface area contributed by atoms with Crippen molar-refractivity contribution in [1.82, 2.24) is 10.3 Å². The van der Waals surface area contributed by atoms with Crippen molar-refractivity contribution in [3.8, 4) is 0 Å². The molecule has 0 radical (unpaired) electrons. The van der Waals surface area contributed by atoms with E-state index in [1.807, 2.05) is 30.3 Å². The van der Waals surface area contributed by atoms with Crippen molar-refractivity contribution in [3.05, 3.63) is 64.6 Å². The van der Waals surface area contributed by atoms with Gasteiger partial charge in [-0.05, 0) is 30.7 Å². The maximum atomic E-state index is 12.1. The minimum absolute atomic E-state index is 0.102. The lowest BCUT2D eigenvalue weighted by Crippen LogP contribution is -2.37. The number of carbonyl (C=O) groups is 1. The van der Waals surface area contributed by atoms with Gasteiger partial charge in [0, 0.05) is 12.2 Å². The van der Waals surface area contributed by atoms with E-state index in [4.69, 9.17) is 4.42 Å². The Labute approximate surface area is 132 Å². The SMILES string of the molecule is C[C@@H](Nc1ccc2oc(=O)[nH]c2c1)C(=O)NCc1ccccc1. The Hall–Kier alpha value is -3.02. The van der Waals surface area contributed by atoms with Gasteiger partial charge in [0.1, 0.15) is 6.04 Å². The van der Waals surface area contributed by atoms with Crippen LogP contribution in [0, 0.1) is 0 Å². The molecule has 0 saturated carbocycles. The summed E-state index contributed by atoms with van der Waals surface area (Å²) in [5, 5.41) is 5.99. The summed E-state index contributed by atoms with van der Waals surface area (Å²) in [6.45, 7) is 2.27. The molecular weight excluding hydrogens is 294 g/mol. The number of H-pyrrole nitrogens is 1. The molecule has 1 heterocycles. The van der Waals surface area contributed by atoms with E-state index in [0.717, 1.165) is 11.3 Å². The number of fused-ring (bicyclic) bond motifs is 1. The molecular formula is C17H17N3O3. The molecule has 118 valence electrons. The van der Waals surface area contributed by atoms with Gasteiger partial charge in [-0.15, -0.1) is 0 Å². The van der Waals surface area contributed by atoms with Crippen LogP contribution in [-0.4, -0.2) is 16.9 Å². The topological polar surface area (TPSA) is 87.1 Å². The summed E-state index contributed by atoms with van der Waals surface area (Å²) in [5.74, 6) is -0.597. The molecule has 1 amide bonds. The molecule has 0 aliphatic heterocycles. The third-order valence-corrected chi connectivity index (χ3v) is 3.50. The van der Waals surface area contributed by atoms with E-state index < -0.39 is 11.8 Å². The number of rotatable bonds is 5. The number of amides is 1. The van der Waals surface area contributed by atoms with Gasteiger partial charge in [-0.1, -0.05) is 30.3 Å². The Morgan fingerprint density at radius 3 is 2.78 bits per heavy atom. The minimum atomic E-state index is -0.495. The minimum Gasteiger partial charge on any atom is -0.408 e. The lowest BCUT2D eigenvalue weighted by Gasteiger charge is -2.15. The van der Waals surface area contributed by atoms with Crippen LogP contribution in [0.3, 0.4) is 0 Å². The molecule has 0 spiro atoms. The zero-order valence-corrected chi connectivity index (χ0v) is 12.6. The van der Waals surface area contributed by atoms with Gasteiger partial charge in [-0.3, -0.25) is 9.78 Å². The van der Waals surface area contributed by atoms with E-state index in [1.54, 1.807) is 25.1 Å². The largest absolute Gasteiger partial charge is 0.417 e. The van der Waals surface area contributed by atoms with Gasteiger partial charge in [0.25, 0.3) is 0 Å². The number of hydrogen-bond donors (Lipinski definition) is 3. The van der Waals surface area contributed by atoms with Gasteiger partial charge in [-0.25, -0.2) is 4.79 Å². The summed E-state index contributed by atoms with van der Waals surface area (Å²) in [6, 6.07) is 14.5. The fourth-order valence-corrected chi connectivity index (χ4v) is 2.30. The zero-order valence-electron chi connectivity index (χ0n) is 12.6. The van der Waals surface area contributed by atoms with Crippen LogP contribution >= 0.6 is 0 Å². The standard InChI is InChI=1S/C17H17N3O3/c1-11(16(21)18-10-12-5-3-2-4-6-12)19-13-7-8-15-14(9-13)20-17(22)23-15/h2-9,11,19H,10H2,1H3,(H,18,21)(H,20,22)/t11-/m1/s1. The van der Waals surface area contributed by atoms with Gasteiger partial charge in [0.15, 0.2) is 5.58 Å². The second-order valence-electron chi connectivity index (χ2n) is 5.29. The maximum Gasteiger partial charge on any atom is 0.417 e. The predicted molar refractivity (Wildman–Crippen MR) is 88.2 cm³/mol. The number of carbonyl (C=O) groups excluding carboxylic acids is 1. The summed E-state index contributed by atoms with van der Waals surface area (Å²) in [5.41, 5.74) is 2.86. The van der Waals surface area contributed by atoms with Crippen molar-refractivity contribution < 1.29 is 9.21 Å². The molecule has 6 heteroatoms. The molecule has 3 N–H and O–H groups in total. The van der Waals surface area contributed by atoms with Gasteiger partial charge in [0.2, 0.25) is 5.91 Å². The Morgan fingerprint density at radius 1 is 1.22 bits per heavy atom. The smallest absolute Gasteiger partial charge is 0.408 e. The van der Waals surface area contributed by atoms with Gasteiger partial charge >= 0.3 is 5.76 Å². The van der Waals surface area contributed by atoms with Crippen molar-refractivity contribution in [3.63, 3.8) is 0 Å². The first-order chi connectivity index (χ1) is 11.1. The highest BCUT2D eigenvalue weighted by atomic mass is 16.4. The summed E-state index contributed by atoms with van der Waals surface area (Å²) >= 11 is 0. The highest BCUT2D eigenvalue weighted by Gasteiger charge is 2.12. The fourth-order valence-electron chi connectivity index (χ4n) is 2.30. The summed E-state index contributed by atoms with van der Waals surface area (Å²) in [6.07, 6.45) is 0. The number of benzene rings is 2. The summed E-state index contributed by atoms with van der Waals surface area (Å²) < 4.78 is 4.94. The number of aromatic nitrogens is 1. The molecule has 2 aromatic carbocycles. The van der Waals surface area contributed by atoms with Crippen LogP contribution in [0.25, 0.3) is 11.1 Å². The van der Waals surface area contributed by atoms with Crippen LogP contribution in [-0.2, 0) is 11.3 Å². The highest BCUT2D eigenvalue weighted by molar-refractivity contribution is 5.85. The first-order valence-electron chi connectivity index (χ1n) is 7.33. The van der Waals surface area contributed by atoms with Crippen molar-refractivity contribution in [2.45, 2.75) is 19.5 Å². The second-order valence-corrected chi connectivity index (χ2v) is 5.29. The van der Waals surface area contributed by atoms with Crippen LogP contribution in [0.15, 0.2) is 57.7 Å². The molecule has 0 bridgehead atoms. The van der Waals surface area contributed by atoms with E-state index in [0.29, 0.717) is 17.6 Å². The average molecular weight is 311 g/mol. The van der Waals surface area contributed by atoms with Crippen molar-refractivity contribution in [2.75, 3.05) is 5.32 Å². The van der Waals surface area contributed by atoms with Crippen LogP contribution in [0.2, 0.25) is 0 Å². The number of anilines is 1. The van der Waals surface area contributed by atoms with Gasteiger partial charge < -0.3 is 15.1 Å². The first kappa shape index (κ1) is 14.9. The van der Waals surface area contributed by atoms with Crippen LogP contribution < -0.4 is 16.4 Å². The molecule has 3 aromatic rings. The number of hydrogen-bond acceptors (Lipinski definition) is 4. The van der Waals surface area contributed by atoms with Crippen LogP contribution in [0.1, 0.15) is 12.5 Å². The molecule has 23 heavy (non-hydrogen) atoms. The van der Waals surface area contributed by atoms with Crippen LogP contribution in [0.4, 0.5) is 5.69 Å². The molecule has 6 nitrogen and oxygen atoms in total. The van der Waals surface area contributed by atoms with E-state index in [2.05, 4.69) is 15.6 Å². The van der Waals surface area contributed by atoms with Crippen molar-refractivity contribution in [1.29, 1.82) is 0 Å². The molecule has 0 fully saturated rings. The van der Waals surface area contributed by atoms with Crippen molar-refractivity contribution >= 4 is 22.7 Å². The first-order valence-corrected chi connectivity index (χ1v) is 7.33. The Kier molecular flexibility index (Phi) is 4.14. The quantitative estimate of drug-likeness (QED) is 0.674. The fraction of sp³-hybridized carbons (Fsp3) is 0.176. The number of nitrogens with one attached hydrogen (secondary N) is 3. The molecule has 0 unspecified atom stereocenters. The Morgan fingerprint density at radius 2 is 2.00 bits per heavy atom. The molecule has 0 saturated heterocycles. The number of oxazole rings is 1. The van der Waals surface area contributed by atoms with Gasteiger partial charge in [-0.2, -0.15) is 0 Å². The van der Waals surface area contributed by atoms with Crippen molar-refractivity contribution in [2.24, 2.45) is 0 Å². The maximum absolute atomic E-state index is 12.1. The highest BCUT2D eigenvalue weighted by Crippen LogP contribution is 2.16. The van der Waals surface area contributed by atoms with Crippen LogP contribution in [0.5, 0.6) is 0 Å².